The Kier molecular flexibility index (Phi) is 4.90. The van der Waals surface area contributed by atoms with E-state index in [4.69, 9.17) is 4.74 Å². The second-order valence-corrected chi connectivity index (χ2v) is 6.74. The van der Waals surface area contributed by atoms with E-state index in [9.17, 15) is 0 Å². The quantitative estimate of drug-likeness (QED) is 0.686. The van der Waals surface area contributed by atoms with Crippen molar-refractivity contribution in [1.82, 2.24) is 0 Å². The van der Waals surface area contributed by atoms with Gasteiger partial charge in [-0.2, -0.15) is 0 Å². The molecule has 1 nitrogen and oxygen atoms in total. The van der Waals surface area contributed by atoms with Crippen LogP contribution >= 0.6 is 0 Å². The van der Waals surface area contributed by atoms with Crippen LogP contribution in [-0.4, -0.2) is 12.2 Å². The largest absolute Gasteiger partial charge is 0.376 e. The van der Waals surface area contributed by atoms with Crippen LogP contribution in [0.3, 0.4) is 0 Å². The molecule has 0 aromatic rings. The zero-order valence-corrected chi connectivity index (χ0v) is 12.0. The molecule has 0 amide bonds. The third kappa shape index (κ3) is 3.98. The SMILES string of the molecule is CC1CCC(C2CCC(OC(C)C)CC2)CC1. The topological polar surface area (TPSA) is 9.23 Å². The molecule has 100 valence electrons. The van der Waals surface area contributed by atoms with Gasteiger partial charge in [0.25, 0.3) is 0 Å². The van der Waals surface area contributed by atoms with Crippen molar-refractivity contribution in [3.05, 3.63) is 0 Å². The van der Waals surface area contributed by atoms with E-state index in [1.807, 2.05) is 0 Å². The highest BCUT2D eigenvalue weighted by atomic mass is 16.5. The first-order valence-corrected chi connectivity index (χ1v) is 7.80. The highest BCUT2D eigenvalue weighted by Crippen LogP contribution is 2.40. The lowest BCUT2D eigenvalue weighted by atomic mass is 9.71. The highest BCUT2D eigenvalue weighted by Gasteiger charge is 2.30. The van der Waals surface area contributed by atoms with E-state index >= 15 is 0 Å². The third-order valence-corrected chi connectivity index (χ3v) is 4.91. The van der Waals surface area contributed by atoms with Crippen molar-refractivity contribution in [3.63, 3.8) is 0 Å². The fourth-order valence-electron chi connectivity index (χ4n) is 3.84. The van der Waals surface area contributed by atoms with Gasteiger partial charge in [-0.15, -0.1) is 0 Å². The number of hydrogen-bond acceptors (Lipinski definition) is 1. The van der Waals surface area contributed by atoms with Crippen molar-refractivity contribution >= 4 is 0 Å². The summed E-state index contributed by atoms with van der Waals surface area (Å²) in [6, 6.07) is 0. The van der Waals surface area contributed by atoms with Crippen molar-refractivity contribution in [2.45, 2.75) is 84.3 Å². The molecule has 0 atom stereocenters. The highest BCUT2D eigenvalue weighted by molar-refractivity contribution is 4.81. The Labute approximate surface area is 107 Å². The molecule has 0 aromatic carbocycles. The molecule has 2 aliphatic carbocycles. The molecular formula is C16H30O. The Morgan fingerprint density at radius 2 is 1.24 bits per heavy atom. The molecule has 1 heteroatoms. The molecule has 0 spiro atoms. The lowest BCUT2D eigenvalue weighted by Crippen LogP contribution is -2.29. The molecule has 0 aromatic heterocycles. The molecule has 0 unspecified atom stereocenters. The van der Waals surface area contributed by atoms with Crippen molar-refractivity contribution < 1.29 is 4.74 Å². The summed E-state index contributed by atoms with van der Waals surface area (Å²) in [6.07, 6.45) is 12.4. The van der Waals surface area contributed by atoms with Crippen LogP contribution in [0.4, 0.5) is 0 Å². The maximum Gasteiger partial charge on any atom is 0.0578 e. The Bertz CT molecular complexity index is 208. The molecule has 2 fully saturated rings. The Morgan fingerprint density at radius 1 is 0.765 bits per heavy atom. The average molecular weight is 238 g/mol. The first kappa shape index (κ1) is 13.4. The number of hydrogen-bond donors (Lipinski definition) is 0. The van der Waals surface area contributed by atoms with E-state index in [1.54, 1.807) is 0 Å². The predicted molar refractivity (Wildman–Crippen MR) is 73.1 cm³/mol. The molecule has 0 radical (unpaired) electrons. The van der Waals surface area contributed by atoms with Gasteiger partial charge in [0.2, 0.25) is 0 Å². The van der Waals surface area contributed by atoms with Crippen LogP contribution in [0, 0.1) is 17.8 Å². The van der Waals surface area contributed by atoms with Crippen LogP contribution in [0.25, 0.3) is 0 Å². The average Bonchev–Trinajstić information content (AvgIpc) is 2.30. The summed E-state index contributed by atoms with van der Waals surface area (Å²) in [6.45, 7) is 6.74. The second kappa shape index (κ2) is 6.22. The first-order chi connectivity index (χ1) is 8.15. The maximum absolute atomic E-state index is 5.94. The van der Waals surface area contributed by atoms with Crippen LogP contribution in [0.2, 0.25) is 0 Å². The molecule has 2 aliphatic rings. The minimum atomic E-state index is 0.409. The molecule has 2 rings (SSSR count). The molecule has 0 saturated heterocycles. The summed E-state index contributed by atoms with van der Waals surface area (Å²) in [7, 11) is 0. The Morgan fingerprint density at radius 3 is 1.71 bits per heavy atom. The van der Waals surface area contributed by atoms with E-state index in [0.29, 0.717) is 12.2 Å². The van der Waals surface area contributed by atoms with Gasteiger partial charge in [0.1, 0.15) is 0 Å². The lowest BCUT2D eigenvalue weighted by molar-refractivity contribution is -0.0266. The fraction of sp³-hybridized carbons (Fsp3) is 1.00. The summed E-state index contributed by atoms with van der Waals surface area (Å²) >= 11 is 0. The molecule has 0 bridgehead atoms. The summed E-state index contributed by atoms with van der Waals surface area (Å²) < 4.78 is 5.94. The van der Waals surface area contributed by atoms with Crippen molar-refractivity contribution in [2.75, 3.05) is 0 Å². The van der Waals surface area contributed by atoms with Crippen LogP contribution in [0.15, 0.2) is 0 Å². The molecule has 2 saturated carbocycles. The second-order valence-electron chi connectivity index (χ2n) is 6.74. The van der Waals surface area contributed by atoms with Crippen molar-refractivity contribution in [2.24, 2.45) is 17.8 Å². The molecule has 17 heavy (non-hydrogen) atoms. The standard InChI is InChI=1S/C16H30O/c1-12(2)17-16-10-8-15(9-11-16)14-6-4-13(3)5-7-14/h12-16H,4-11H2,1-3H3. The smallest absolute Gasteiger partial charge is 0.0578 e. The summed E-state index contributed by atoms with van der Waals surface area (Å²) in [5.74, 6) is 3.06. The van der Waals surface area contributed by atoms with Gasteiger partial charge >= 0.3 is 0 Å². The van der Waals surface area contributed by atoms with Gasteiger partial charge in [-0.1, -0.05) is 19.8 Å². The van der Waals surface area contributed by atoms with Crippen molar-refractivity contribution in [1.29, 1.82) is 0 Å². The van der Waals surface area contributed by atoms with E-state index in [1.165, 1.54) is 51.4 Å². The van der Waals surface area contributed by atoms with Crippen LogP contribution in [0.5, 0.6) is 0 Å². The normalized spacial score (nSPS) is 39.5. The molecule has 0 heterocycles. The van der Waals surface area contributed by atoms with Gasteiger partial charge in [0, 0.05) is 0 Å². The zero-order valence-electron chi connectivity index (χ0n) is 12.0. The summed E-state index contributed by atoms with van der Waals surface area (Å²) in [4.78, 5) is 0. The minimum Gasteiger partial charge on any atom is -0.376 e. The van der Waals surface area contributed by atoms with Gasteiger partial charge in [-0.05, 0) is 70.1 Å². The van der Waals surface area contributed by atoms with E-state index in [-0.39, 0.29) is 0 Å². The van der Waals surface area contributed by atoms with Gasteiger partial charge in [0.15, 0.2) is 0 Å². The fourth-order valence-corrected chi connectivity index (χ4v) is 3.84. The van der Waals surface area contributed by atoms with E-state index in [0.717, 1.165) is 17.8 Å². The molecular weight excluding hydrogens is 208 g/mol. The van der Waals surface area contributed by atoms with Gasteiger partial charge in [-0.3, -0.25) is 0 Å². The van der Waals surface area contributed by atoms with Gasteiger partial charge < -0.3 is 4.74 Å². The third-order valence-electron chi connectivity index (χ3n) is 4.91. The van der Waals surface area contributed by atoms with Gasteiger partial charge in [0.05, 0.1) is 12.2 Å². The summed E-state index contributed by atoms with van der Waals surface area (Å²) in [5, 5.41) is 0. The number of ether oxygens (including phenoxy) is 1. The Hall–Kier alpha value is -0.0400. The maximum atomic E-state index is 5.94. The van der Waals surface area contributed by atoms with Gasteiger partial charge in [-0.25, -0.2) is 0 Å². The Balaban J connectivity index is 1.71. The molecule has 0 N–H and O–H groups in total. The predicted octanol–water partition coefficient (Wildman–Crippen LogP) is 4.80. The number of rotatable bonds is 3. The monoisotopic (exact) mass is 238 g/mol. The summed E-state index contributed by atoms with van der Waals surface area (Å²) in [5.41, 5.74) is 0. The van der Waals surface area contributed by atoms with E-state index < -0.39 is 0 Å². The van der Waals surface area contributed by atoms with Crippen LogP contribution < -0.4 is 0 Å². The minimum absolute atomic E-state index is 0.409. The molecule has 0 aliphatic heterocycles. The van der Waals surface area contributed by atoms with Crippen LogP contribution in [0.1, 0.15) is 72.1 Å². The van der Waals surface area contributed by atoms with Crippen LogP contribution in [-0.2, 0) is 4.74 Å². The zero-order chi connectivity index (χ0) is 12.3. The van der Waals surface area contributed by atoms with E-state index in [2.05, 4.69) is 20.8 Å². The first-order valence-electron chi connectivity index (χ1n) is 7.80. The van der Waals surface area contributed by atoms with Crippen molar-refractivity contribution in [3.8, 4) is 0 Å². The lowest BCUT2D eigenvalue weighted by Gasteiger charge is -2.37.